The lowest BCUT2D eigenvalue weighted by molar-refractivity contribution is -0.131. The van der Waals surface area contributed by atoms with Crippen molar-refractivity contribution in [2.75, 3.05) is 0 Å². The third-order valence-electron chi connectivity index (χ3n) is 1.00. The van der Waals surface area contributed by atoms with E-state index in [1.54, 1.807) is 0 Å². The zero-order valence-electron chi connectivity index (χ0n) is 5.52. The summed E-state index contributed by atoms with van der Waals surface area (Å²) < 4.78 is 1.26. The number of carbonyl (C=O) groups is 1. The van der Waals surface area contributed by atoms with Gasteiger partial charge in [-0.15, -0.1) is 0 Å². The van der Waals surface area contributed by atoms with Crippen molar-refractivity contribution in [3.05, 3.63) is 28.7 Å². The van der Waals surface area contributed by atoms with E-state index in [1.165, 1.54) is 23.1 Å². The van der Waals surface area contributed by atoms with Gasteiger partial charge in [-0.2, -0.15) is 0 Å². The number of H-pyrrole nitrogens is 1. The maximum absolute atomic E-state index is 10.5. The van der Waals surface area contributed by atoms with E-state index < -0.39 is 5.97 Å². The molecule has 0 saturated heterocycles. The van der Waals surface area contributed by atoms with Gasteiger partial charge in [-0.05, 0) is 0 Å². The first kappa shape index (κ1) is 7.33. The molecule has 0 unspecified atom stereocenters. The SMILES string of the molecule is O=C(O)/C=C\n1ccc(=O)[nH]1. The lowest BCUT2D eigenvalue weighted by atomic mass is 10.6. The fourth-order valence-electron chi connectivity index (χ4n) is 0.581. The normalized spacial score (nSPS) is 10.5. The third kappa shape index (κ3) is 2.13. The van der Waals surface area contributed by atoms with Gasteiger partial charge in [0.1, 0.15) is 0 Å². The smallest absolute Gasteiger partial charge is 0.329 e. The second kappa shape index (κ2) is 2.87. The van der Waals surface area contributed by atoms with Crippen LogP contribution in [0.15, 0.2) is 23.1 Å². The number of aromatic amines is 1. The Hall–Kier alpha value is -1.78. The number of carboxylic acids is 1. The third-order valence-corrected chi connectivity index (χ3v) is 1.00. The average molecular weight is 154 g/mol. The number of aliphatic carboxylic acids is 1. The minimum atomic E-state index is -1.06. The highest BCUT2D eigenvalue weighted by molar-refractivity contribution is 5.82. The molecule has 1 rings (SSSR count). The molecule has 5 heteroatoms. The molecule has 11 heavy (non-hydrogen) atoms. The molecule has 0 radical (unpaired) electrons. The van der Waals surface area contributed by atoms with Gasteiger partial charge in [0.25, 0.3) is 5.56 Å². The molecule has 0 amide bonds. The van der Waals surface area contributed by atoms with Gasteiger partial charge < -0.3 is 5.11 Å². The van der Waals surface area contributed by atoms with Gasteiger partial charge in [0.2, 0.25) is 0 Å². The van der Waals surface area contributed by atoms with Crippen LogP contribution in [0.4, 0.5) is 0 Å². The first-order chi connectivity index (χ1) is 5.18. The summed E-state index contributed by atoms with van der Waals surface area (Å²) in [5.74, 6) is -1.06. The first-order valence-corrected chi connectivity index (χ1v) is 2.87. The van der Waals surface area contributed by atoms with E-state index in [0.29, 0.717) is 0 Å². The van der Waals surface area contributed by atoms with Gasteiger partial charge >= 0.3 is 5.97 Å². The minimum absolute atomic E-state index is 0.264. The van der Waals surface area contributed by atoms with Crippen LogP contribution in [0.1, 0.15) is 0 Å². The summed E-state index contributed by atoms with van der Waals surface area (Å²) in [5.41, 5.74) is -0.264. The van der Waals surface area contributed by atoms with Crippen LogP contribution in [-0.2, 0) is 4.79 Å². The highest BCUT2D eigenvalue weighted by Crippen LogP contribution is 1.80. The van der Waals surface area contributed by atoms with Crippen LogP contribution >= 0.6 is 0 Å². The fourth-order valence-corrected chi connectivity index (χ4v) is 0.581. The van der Waals surface area contributed by atoms with E-state index >= 15 is 0 Å². The monoisotopic (exact) mass is 154 g/mol. The van der Waals surface area contributed by atoms with Gasteiger partial charge in [0.05, 0.1) is 0 Å². The van der Waals surface area contributed by atoms with Crippen molar-refractivity contribution >= 4 is 12.2 Å². The number of carboxylic acid groups (broad SMARTS) is 1. The Labute approximate surface area is 61.6 Å². The molecule has 1 heterocycles. The van der Waals surface area contributed by atoms with Crippen molar-refractivity contribution in [3.8, 4) is 0 Å². The lowest BCUT2D eigenvalue weighted by Gasteiger charge is -1.87. The van der Waals surface area contributed by atoms with Gasteiger partial charge in [0, 0.05) is 24.5 Å². The van der Waals surface area contributed by atoms with Crippen LogP contribution in [0.25, 0.3) is 6.20 Å². The standard InChI is InChI=1S/C6H6N2O3/c9-5-1-3-8(7-5)4-2-6(10)11/h1-4H,(H,7,9)(H,10,11)/b4-2-. The number of hydrogen-bond acceptors (Lipinski definition) is 2. The maximum atomic E-state index is 10.5. The molecule has 0 aliphatic rings. The van der Waals surface area contributed by atoms with Crippen molar-refractivity contribution in [2.45, 2.75) is 0 Å². The van der Waals surface area contributed by atoms with Crippen molar-refractivity contribution in [1.82, 2.24) is 9.78 Å². The summed E-state index contributed by atoms with van der Waals surface area (Å²) in [6, 6.07) is 1.30. The molecule has 2 N–H and O–H groups in total. The van der Waals surface area contributed by atoms with Crippen LogP contribution in [-0.4, -0.2) is 20.9 Å². The number of hydrogen-bond donors (Lipinski definition) is 2. The second-order valence-corrected chi connectivity index (χ2v) is 1.85. The predicted molar refractivity (Wildman–Crippen MR) is 38.0 cm³/mol. The summed E-state index contributed by atoms with van der Waals surface area (Å²) >= 11 is 0. The van der Waals surface area contributed by atoms with Gasteiger partial charge in [-0.1, -0.05) is 0 Å². The van der Waals surface area contributed by atoms with Crippen molar-refractivity contribution in [2.24, 2.45) is 0 Å². The largest absolute Gasteiger partial charge is 0.478 e. The second-order valence-electron chi connectivity index (χ2n) is 1.85. The molecule has 58 valence electrons. The van der Waals surface area contributed by atoms with Crippen LogP contribution in [0, 0.1) is 0 Å². The van der Waals surface area contributed by atoms with Crippen molar-refractivity contribution in [3.63, 3.8) is 0 Å². The van der Waals surface area contributed by atoms with E-state index in [-0.39, 0.29) is 5.56 Å². The molecular weight excluding hydrogens is 148 g/mol. The summed E-state index contributed by atoms with van der Waals surface area (Å²) in [5, 5.41) is 10.5. The Morgan fingerprint density at radius 2 is 2.45 bits per heavy atom. The number of nitrogens with zero attached hydrogens (tertiary/aromatic N) is 1. The van der Waals surface area contributed by atoms with E-state index in [2.05, 4.69) is 5.10 Å². The molecule has 0 bridgehead atoms. The van der Waals surface area contributed by atoms with E-state index in [1.807, 2.05) is 0 Å². The van der Waals surface area contributed by atoms with Crippen LogP contribution in [0.5, 0.6) is 0 Å². The molecular formula is C6H6N2O3. The van der Waals surface area contributed by atoms with Crippen molar-refractivity contribution < 1.29 is 9.90 Å². The summed E-state index contributed by atoms with van der Waals surface area (Å²) in [6.07, 6.45) is 3.60. The number of rotatable bonds is 2. The molecule has 0 atom stereocenters. The van der Waals surface area contributed by atoms with Gasteiger partial charge in [-0.3, -0.25) is 14.6 Å². The molecule has 1 aromatic heterocycles. The Morgan fingerprint density at radius 1 is 1.73 bits per heavy atom. The predicted octanol–water partition coefficient (Wildman–Crippen LogP) is -0.268. The molecule has 5 nitrogen and oxygen atoms in total. The van der Waals surface area contributed by atoms with Crippen LogP contribution in [0.2, 0.25) is 0 Å². The quantitative estimate of drug-likeness (QED) is 0.576. The van der Waals surface area contributed by atoms with E-state index in [0.717, 1.165) is 6.08 Å². The first-order valence-electron chi connectivity index (χ1n) is 2.87. The highest BCUT2D eigenvalue weighted by atomic mass is 16.4. The molecule has 0 spiro atoms. The zero-order chi connectivity index (χ0) is 8.27. The van der Waals surface area contributed by atoms with Crippen LogP contribution in [0.3, 0.4) is 0 Å². The average Bonchev–Trinajstić information content (AvgIpc) is 2.31. The van der Waals surface area contributed by atoms with E-state index in [4.69, 9.17) is 5.11 Å². The summed E-state index contributed by atoms with van der Waals surface area (Å²) in [7, 11) is 0. The zero-order valence-corrected chi connectivity index (χ0v) is 5.52. The van der Waals surface area contributed by atoms with Crippen molar-refractivity contribution in [1.29, 1.82) is 0 Å². The Balaban J connectivity index is 2.79. The maximum Gasteiger partial charge on any atom is 0.329 e. The van der Waals surface area contributed by atoms with Crippen LogP contribution < -0.4 is 5.56 Å². The topological polar surface area (TPSA) is 75.1 Å². The molecule has 0 aliphatic carbocycles. The summed E-state index contributed by atoms with van der Waals surface area (Å²) in [6.45, 7) is 0. The molecule has 0 fully saturated rings. The fraction of sp³-hybridized carbons (Fsp3) is 0. The molecule has 0 saturated carbocycles. The van der Waals surface area contributed by atoms with Gasteiger partial charge in [0.15, 0.2) is 0 Å². The molecule has 1 aromatic rings. The molecule has 0 aliphatic heterocycles. The molecule has 0 aromatic carbocycles. The van der Waals surface area contributed by atoms with E-state index in [9.17, 15) is 9.59 Å². The Morgan fingerprint density at radius 3 is 2.91 bits per heavy atom. The summed E-state index contributed by atoms with van der Waals surface area (Å²) in [4.78, 5) is 20.5. The van der Waals surface area contributed by atoms with Gasteiger partial charge in [-0.25, -0.2) is 4.79 Å². The number of nitrogens with one attached hydrogen (secondary N) is 1. The lowest BCUT2D eigenvalue weighted by Crippen LogP contribution is -2.00. The highest BCUT2D eigenvalue weighted by Gasteiger charge is 1.87. The Bertz CT molecular complexity index is 334. The number of aromatic nitrogens is 2. The Kier molecular flexibility index (Phi) is 1.91. The minimum Gasteiger partial charge on any atom is -0.478 e.